The van der Waals surface area contributed by atoms with E-state index in [1.165, 1.54) is 32.0 Å². The molecule has 1 heterocycles. The molecule has 0 atom stereocenters. The first-order valence-corrected chi connectivity index (χ1v) is 13.6. The van der Waals surface area contributed by atoms with Gasteiger partial charge in [0.15, 0.2) is 11.5 Å². The first kappa shape index (κ1) is 32.7. The first-order chi connectivity index (χ1) is 20.5. The number of hydrogen-bond donors (Lipinski definition) is 0. The number of rotatable bonds is 14. The maximum absolute atomic E-state index is 16.1. The molecule has 0 saturated carbocycles. The maximum Gasteiger partial charge on any atom is 0.331 e. The molecule has 43 heavy (non-hydrogen) atoms. The van der Waals surface area contributed by atoms with E-state index in [0.29, 0.717) is 0 Å². The van der Waals surface area contributed by atoms with Gasteiger partial charge in [-0.25, -0.2) is 4.79 Å². The number of pyridine rings is 1. The second-order valence-corrected chi connectivity index (χ2v) is 9.67. The second-order valence-electron chi connectivity index (χ2n) is 9.67. The van der Waals surface area contributed by atoms with E-state index < -0.39 is 46.6 Å². The van der Waals surface area contributed by atoms with Crippen LogP contribution in [0.2, 0.25) is 0 Å². The second kappa shape index (κ2) is 14.9. The summed E-state index contributed by atoms with van der Waals surface area (Å²) in [5.74, 6) is -7.28. The summed E-state index contributed by atoms with van der Waals surface area (Å²) in [6.07, 6.45) is -0.130. The predicted octanol–water partition coefficient (Wildman–Crippen LogP) is 6.23. The van der Waals surface area contributed by atoms with Gasteiger partial charge in [-0.3, -0.25) is 4.79 Å². The molecule has 0 bridgehead atoms. The molecule has 0 aliphatic heterocycles. The Balaban J connectivity index is 2.05. The summed E-state index contributed by atoms with van der Waals surface area (Å²) in [6, 6.07) is 15.1. The Labute approximate surface area is 247 Å². The van der Waals surface area contributed by atoms with E-state index >= 15 is 8.78 Å². The summed E-state index contributed by atoms with van der Waals surface area (Å²) in [7, 11) is 0. The monoisotopic (exact) mass is 599 g/mol. The van der Waals surface area contributed by atoms with E-state index in [1.54, 1.807) is 13.8 Å². The van der Waals surface area contributed by atoms with Gasteiger partial charge in [0.2, 0.25) is 11.6 Å². The molecule has 0 aliphatic carbocycles. The standard InChI is InChI=1S/C31H32F3N3O6/c1-5-40-24(38)13-10-16-37(31(3,4)30(39)41-6-2)27-25(32)28(34)36-29(26(27)33)43-23-17-21(18-35)14-15-22(23)42-19-20-11-8-7-9-12-20/h7-9,11-12,14-15,17H,5-6,10,13,16,19H2,1-4H3. The lowest BCUT2D eigenvalue weighted by molar-refractivity contribution is -0.148. The van der Waals surface area contributed by atoms with Crippen LogP contribution in [-0.4, -0.2) is 42.2 Å². The minimum Gasteiger partial charge on any atom is -0.485 e. The quantitative estimate of drug-likeness (QED) is 0.157. The van der Waals surface area contributed by atoms with Gasteiger partial charge < -0.3 is 23.8 Å². The van der Waals surface area contributed by atoms with Gasteiger partial charge in [0.1, 0.15) is 17.8 Å². The highest BCUT2D eigenvalue weighted by Gasteiger charge is 2.41. The number of benzene rings is 2. The third-order valence-electron chi connectivity index (χ3n) is 6.29. The van der Waals surface area contributed by atoms with Crippen molar-refractivity contribution in [3.8, 4) is 23.4 Å². The van der Waals surface area contributed by atoms with E-state index in [9.17, 15) is 19.2 Å². The van der Waals surface area contributed by atoms with E-state index in [0.717, 1.165) is 10.5 Å². The molecule has 0 unspecified atom stereocenters. The Morgan fingerprint density at radius 3 is 2.33 bits per heavy atom. The zero-order valence-corrected chi connectivity index (χ0v) is 24.3. The zero-order chi connectivity index (χ0) is 31.6. The molecule has 0 aliphatic rings. The van der Waals surface area contributed by atoms with Gasteiger partial charge in [-0.15, -0.1) is 0 Å². The van der Waals surface area contributed by atoms with Crippen LogP contribution >= 0.6 is 0 Å². The van der Waals surface area contributed by atoms with E-state index in [2.05, 4.69) is 4.98 Å². The van der Waals surface area contributed by atoms with E-state index in [4.69, 9.17) is 18.9 Å². The fourth-order valence-electron chi connectivity index (χ4n) is 4.11. The predicted molar refractivity (Wildman–Crippen MR) is 150 cm³/mol. The molecular weight excluding hydrogens is 567 g/mol. The summed E-state index contributed by atoms with van der Waals surface area (Å²) >= 11 is 0. The Morgan fingerprint density at radius 1 is 0.977 bits per heavy atom. The number of nitriles is 1. The Morgan fingerprint density at radius 2 is 1.67 bits per heavy atom. The summed E-state index contributed by atoms with van der Waals surface area (Å²) in [6.45, 7) is 5.82. The molecule has 0 saturated heterocycles. The SMILES string of the molecule is CCOC(=O)CCCN(c1c(F)c(F)nc(Oc2cc(C#N)ccc2OCc2ccccc2)c1F)C(C)(C)C(=O)OCC. The van der Waals surface area contributed by atoms with Gasteiger partial charge in [-0.1, -0.05) is 30.3 Å². The molecule has 12 heteroatoms. The minimum atomic E-state index is -1.72. The lowest BCUT2D eigenvalue weighted by atomic mass is 10.0. The van der Waals surface area contributed by atoms with Crippen molar-refractivity contribution < 1.29 is 41.7 Å². The average Bonchev–Trinajstić information content (AvgIpc) is 2.99. The van der Waals surface area contributed by atoms with Crippen molar-refractivity contribution in [1.29, 1.82) is 5.26 Å². The fraction of sp³-hybridized carbons (Fsp3) is 0.355. The van der Waals surface area contributed by atoms with Crippen molar-refractivity contribution in [1.82, 2.24) is 4.98 Å². The molecule has 9 nitrogen and oxygen atoms in total. The van der Waals surface area contributed by atoms with Gasteiger partial charge in [0, 0.05) is 19.0 Å². The summed E-state index contributed by atoms with van der Waals surface area (Å²) in [4.78, 5) is 29.1. The van der Waals surface area contributed by atoms with Crippen molar-refractivity contribution in [3.63, 3.8) is 0 Å². The summed E-state index contributed by atoms with van der Waals surface area (Å²) in [5, 5.41) is 9.39. The summed E-state index contributed by atoms with van der Waals surface area (Å²) in [5.41, 5.74) is -1.75. The molecule has 0 fully saturated rings. The summed E-state index contributed by atoms with van der Waals surface area (Å²) < 4.78 is 67.8. The smallest absolute Gasteiger partial charge is 0.331 e. The van der Waals surface area contributed by atoms with Gasteiger partial charge in [0.05, 0.1) is 24.8 Å². The Bertz CT molecular complexity index is 1480. The van der Waals surface area contributed by atoms with Gasteiger partial charge in [0.25, 0.3) is 11.8 Å². The van der Waals surface area contributed by atoms with Crippen molar-refractivity contribution >= 4 is 17.6 Å². The van der Waals surface area contributed by atoms with Crippen LogP contribution in [0.25, 0.3) is 0 Å². The van der Waals surface area contributed by atoms with Crippen molar-refractivity contribution in [3.05, 3.63) is 77.2 Å². The molecule has 0 spiro atoms. The molecule has 0 N–H and O–H groups in total. The normalized spacial score (nSPS) is 10.9. The number of anilines is 1. The largest absolute Gasteiger partial charge is 0.485 e. The average molecular weight is 600 g/mol. The van der Waals surface area contributed by atoms with Crippen LogP contribution in [0, 0.1) is 28.9 Å². The molecule has 2 aromatic carbocycles. The number of halogens is 3. The zero-order valence-electron chi connectivity index (χ0n) is 24.3. The Kier molecular flexibility index (Phi) is 11.3. The van der Waals surface area contributed by atoms with E-state index in [1.807, 2.05) is 36.4 Å². The van der Waals surface area contributed by atoms with Crippen LogP contribution < -0.4 is 14.4 Å². The minimum absolute atomic E-state index is 0.00235. The van der Waals surface area contributed by atoms with Crippen molar-refractivity contribution in [2.45, 2.75) is 52.7 Å². The number of nitrogens with zero attached hydrogens (tertiary/aromatic N) is 3. The van der Waals surface area contributed by atoms with Crippen molar-refractivity contribution in [2.75, 3.05) is 24.7 Å². The number of hydrogen-bond acceptors (Lipinski definition) is 9. The molecule has 228 valence electrons. The van der Waals surface area contributed by atoms with Crippen molar-refractivity contribution in [2.24, 2.45) is 0 Å². The lowest BCUT2D eigenvalue weighted by Crippen LogP contribution is -2.52. The molecular formula is C31H32F3N3O6. The highest BCUT2D eigenvalue weighted by molar-refractivity contribution is 5.84. The molecule has 1 aromatic heterocycles. The van der Waals surface area contributed by atoms with Crippen LogP contribution in [0.1, 0.15) is 51.7 Å². The van der Waals surface area contributed by atoms with Crippen LogP contribution in [0.4, 0.5) is 18.9 Å². The molecule has 3 aromatic rings. The lowest BCUT2D eigenvalue weighted by Gasteiger charge is -2.38. The number of aromatic nitrogens is 1. The number of esters is 2. The third-order valence-corrected chi connectivity index (χ3v) is 6.29. The number of ether oxygens (including phenoxy) is 4. The van der Waals surface area contributed by atoms with Crippen LogP contribution in [-0.2, 0) is 25.7 Å². The van der Waals surface area contributed by atoms with Gasteiger partial charge >= 0.3 is 11.9 Å². The van der Waals surface area contributed by atoms with Gasteiger partial charge in [-0.2, -0.15) is 23.4 Å². The topological polar surface area (TPSA) is 111 Å². The number of carbonyl (C=O) groups excluding carboxylic acids is 2. The maximum atomic E-state index is 16.1. The Hall–Kier alpha value is -4.79. The van der Waals surface area contributed by atoms with Crippen LogP contribution in [0.5, 0.6) is 17.4 Å². The van der Waals surface area contributed by atoms with Gasteiger partial charge in [-0.05, 0) is 51.8 Å². The number of carbonyl (C=O) groups is 2. The van der Waals surface area contributed by atoms with Crippen LogP contribution in [0.15, 0.2) is 48.5 Å². The highest BCUT2D eigenvalue weighted by Crippen LogP contribution is 2.39. The molecule has 0 amide bonds. The fourth-order valence-corrected chi connectivity index (χ4v) is 4.11. The highest BCUT2D eigenvalue weighted by atomic mass is 19.2. The van der Waals surface area contributed by atoms with E-state index in [-0.39, 0.29) is 56.3 Å². The first-order valence-electron chi connectivity index (χ1n) is 13.6. The molecule has 3 rings (SSSR count). The third kappa shape index (κ3) is 8.16. The van der Waals surface area contributed by atoms with Crippen LogP contribution in [0.3, 0.4) is 0 Å². The molecule has 0 radical (unpaired) electrons.